The summed E-state index contributed by atoms with van der Waals surface area (Å²) in [6.07, 6.45) is 0.850. The molecule has 0 aliphatic carbocycles. The van der Waals surface area contributed by atoms with Crippen LogP contribution in [0.4, 0.5) is 4.39 Å². The molecule has 0 spiro atoms. The Labute approximate surface area is 93.7 Å². The standard InChI is InChI=1S/C12H14FN3/c1-8(2)6-11-14-12(16-15-11)9-4-3-5-10(13)7-9/h3-5,7-8H,6H2,1-2H3,(H,14,15,16). The quantitative estimate of drug-likeness (QED) is 0.862. The minimum absolute atomic E-state index is 0.271. The highest BCUT2D eigenvalue weighted by atomic mass is 19.1. The number of rotatable bonds is 3. The summed E-state index contributed by atoms with van der Waals surface area (Å²) in [5.41, 5.74) is 0.700. The van der Waals surface area contributed by atoms with E-state index in [0.717, 1.165) is 12.2 Å². The van der Waals surface area contributed by atoms with Crippen molar-refractivity contribution in [3.8, 4) is 11.4 Å². The van der Waals surface area contributed by atoms with Crippen LogP contribution in [-0.2, 0) is 6.42 Å². The van der Waals surface area contributed by atoms with Gasteiger partial charge < -0.3 is 0 Å². The van der Waals surface area contributed by atoms with Crippen LogP contribution in [0.15, 0.2) is 24.3 Å². The van der Waals surface area contributed by atoms with Crippen molar-refractivity contribution in [3.63, 3.8) is 0 Å². The van der Waals surface area contributed by atoms with Gasteiger partial charge in [0.05, 0.1) is 0 Å². The molecule has 0 aliphatic heterocycles. The van der Waals surface area contributed by atoms with Crippen molar-refractivity contribution in [3.05, 3.63) is 35.9 Å². The van der Waals surface area contributed by atoms with E-state index in [4.69, 9.17) is 0 Å². The van der Waals surface area contributed by atoms with E-state index in [1.807, 2.05) is 0 Å². The summed E-state index contributed by atoms with van der Waals surface area (Å²) in [6, 6.07) is 6.29. The van der Waals surface area contributed by atoms with Crippen molar-refractivity contribution < 1.29 is 4.39 Å². The van der Waals surface area contributed by atoms with Gasteiger partial charge in [0.1, 0.15) is 11.6 Å². The van der Waals surface area contributed by atoms with Crippen LogP contribution in [0.25, 0.3) is 11.4 Å². The average Bonchev–Trinajstić information content (AvgIpc) is 2.65. The topological polar surface area (TPSA) is 41.6 Å². The maximum Gasteiger partial charge on any atom is 0.181 e. The molecule has 2 rings (SSSR count). The Morgan fingerprint density at radius 1 is 1.38 bits per heavy atom. The first kappa shape index (κ1) is 10.8. The summed E-state index contributed by atoms with van der Waals surface area (Å²) >= 11 is 0. The zero-order valence-electron chi connectivity index (χ0n) is 9.37. The normalized spacial score (nSPS) is 11.0. The maximum absolute atomic E-state index is 13.0. The summed E-state index contributed by atoms with van der Waals surface area (Å²) in [5.74, 6) is 1.64. The van der Waals surface area contributed by atoms with Crippen LogP contribution in [0.2, 0.25) is 0 Å². The summed E-state index contributed by atoms with van der Waals surface area (Å²) in [6.45, 7) is 4.23. The Hall–Kier alpha value is -1.71. The van der Waals surface area contributed by atoms with Crippen molar-refractivity contribution in [1.82, 2.24) is 15.2 Å². The molecular weight excluding hydrogens is 205 g/mol. The molecule has 2 aromatic rings. The lowest BCUT2D eigenvalue weighted by atomic mass is 10.1. The van der Waals surface area contributed by atoms with Crippen molar-refractivity contribution in [2.24, 2.45) is 5.92 Å². The average molecular weight is 219 g/mol. The van der Waals surface area contributed by atoms with Gasteiger partial charge in [0.25, 0.3) is 0 Å². The highest BCUT2D eigenvalue weighted by Gasteiger charge is 2.07. The third-order valence-corrected chi connectivity index (χ3v) is 2.22. The Balaban J connectivity index is 2.24. The molecule has 84 valence electrons. The molecule has 3 nitrogen and oxygen atoms in total. The van der Waals surface area contributed by atoms with Crippen molar-refractivity contribution in [2.45, 2.75) is 20.3 Å². The summed E-state index contributed by atoms with van der Waals surface area (Å²) in [7, 11) is 0. The van der Waals surface area contributed by atoms with Crippen LogP contribution >= 0.6 is 0 Å². The Bertz CT molecular complexity index is 477. The molecule has 0 amide bonds. The summed E-state index contributed by atoms with van der Waals surface area (Å²) < 4.78 is 13.0. The van der Waals surface area contributed by atoms with Crippen LogP contribution in [0.3, 0.4) is 0 Å². The van der Waals surface area contributed by atoms with Crippen LogP contribution in [0.1, 0.15) is 19.7 Å². The number of aromatic nitrogens is 3. The first-order valence-corrected chi connectivity index (χ1v) is 5.32. The Morgan fingerprint density at radius 3 is 2.88 bits per heavy atom. The third kappa shape index (κ3) is 2.45. The third-order valence-electron chi connectivity index (χ3n) is 2.22. The molecule has 4 heteroatoms. The lowest BCUT2D eigenvalue weighted by Gasteiger charge is -1.98. The molecule has 1 heterocycles. The zero-order valence-corrected chi connectivity index (χ0v) is 9.37. The molecule has 0 fully saturated rings. The van der Waals surface area contributed by atoms with Crippen molar-refractivity contribution in [2.75, 3.05) is 0 Å². The molecule has 0 saturated carbocycles. The Kier molecular flexibility index (Phi) is 2.99. The van der Waals surface area contributed by atoms with E-state index in [0.29, 0.717) is 17.3 Å². The van der Waals surface area contributed by atoms with Gasteiger partial charge in [-0.1, -0.05) is 26.0 Å². The van der Waals surface area contributed by atoms with E-state index < -0.39 is 0 Å². The maximum atomic E-state index is 13.0. The van der Waals surface area contributed by atoms with Crippen LogP contribution < -0.4 is 0 Å². The highest BCUT2D eigenvalue weighted by molar-refractivity contribution is 5.54. The van der Waals surface area contributed by atoms with Crippen LogP contribution in [0, 0.1) is 11.7 Å². The number of nitrogens with zero attached hydrogens (tertiary/aromatic N) is 2. The van der Waals surface area contributed by atoms with E-state index in [9.17, 15) is 4.39 Å². The molecule has 0 bridgehead atoms. The van der Waals surface area contributed by atoms with Crippen LogP contribution in [0.5, 0.6) is 0 Å². The largest absolute Gasteiger partial charge is 0.263 e. The van der Waals surface area contributed by atoms with Gasteiger partial charge in [0.15, 0.2) is 5.82 Å². The van der Waals surface area contributed by atoms with Gasteiger partial charge in [-0.25, -0.2) is 9.37 Å². The summed E-state index contributed by atoms with van der Waals surface area (Å²) in [4.78, 5) is 4.33. The van der Waals surface area contributed by atoms with Crippen molar-refractivity contribution in [1.29, 1.82) is 0 Å². The van der Waals surface area contributed by atoms with Gasteiger partial charge in [-0.2, -0.15) is 5.10 Å². The van der Waals surface area contributed by atoms with Gasteiger partial charge in [-0.15, -0.1) is 0 Å². The minimum atomic E-state index is -0.271. The monoisotopic (exact) mass is 219 g/mol. The molecule has 0 aliphatic rings. The molecule has 1 aromatic carbocycles. The predicted octanol–water partition coefficient (Wildman–Crippen LogP) is 2.81. The lowest BCUT2D eigenvalue weighted by molar-refractivity contribution is 0.622. The van der Waals surface area contributed by atoms with Crippen LogP contribution in [-0.4, -0.2) is 15.2 Å². The molecule has 0 radical (unpaired) electrons. The minimum Gasteiger partial charge on any atom is -0.263 e. The molecular formula is C12H14FN3. The first-order valence-electron chi connectivity index (χ1n) is 5.32. The van der Waals surface area contributed by atoms with Gasteiger partial charge in [-0.05, 0) is 18.1 Å². The molecule has 1 aromatic heterocycles. The fourth-order valence-electron chi connectivity index (χ4n) is 1.53. The SMILES string of the molecule is CC(C)Cc1nc(-c2cccc(F)c2)n[nH]1. The van der Waals surface area contributed by atoms with E-state index in [2.05, 4.69) is 29.0 Å². The van der Waals surface area contributed by atoms with E-state index in [1.54, 1.807) is 12.1 Å². The number of aromatic amines is 1. The first-order chi connectivity index (χ1) is 7.65. The predicted molar refractivity (Wildman–Crippen MR) is 60.3 cm³/mol. The second-order valence-corrected chi connectivity index (χ2v) is 4.21. The number of hydrogen-bond donors (Lipinski definition) is 1. The summed E-state index contributed by atoms with van der Waals surface area (Å²) in [5, 5.41) is 6.95. The molecule has 0 atom stereocenters. The number of benzene rings is 1. The second kappa shape index (κ2) is 4.43. The Morgan fingerprint density at radius 2 is 2.19 bits per heavy atom. The molecule has 16 heavy (non-hydrogen) atoms. The smallest absolute Gasteiger partial charge is 0.181 e. The number of nitrogens with one attached hydrogen (secondary N) is 1. The van der Waals surface area contributed by atoms with Gasteiger partial charge in [-0.3, -0.25) is 5.10 Å². The number of H-pyrrole nitrogens is 1. The van der Waals surface area contributed by atoms with E-state index in [1.165, 1.54) is 12.1 Å². The fourth-order valence-corrected chi connectivity index (χ4v) is 1.53. The highest BCUT2D eigenvalue weighted by Crippen LogP contribution is 2.16. The second-order valence-electron chi connectivity index (χ2n) is 4.21. The van der Waals surface area contributed by atoms with Gasteiger partial charge in [0, 0.05) is 12.0 Å². The molecule has 0 unspecified atom stereocenters. The fraction of sp³-hybridized carbons (Fsp3) is 0.333. The molecule has 0 saturated heterocycles. The van der Waals surface area contributed by atoms with Crippen molar-refractivity contribution >= 4 is 0 Å². The van der Waals surface area contributed by atoms with E-state index >= 15 is 0 Å². The van der Waals surface area contributed by atoms with Gasteiger partial charge in [0.2, 0.25) is 0 Å². The zero-order chi connectivity index (χ0) is 11.5. The number of halogens is 1. The number of hydrogen-bond acceptors (Lipinski definition) is 2. The van der Waals surface area contributed by atoms with E-state index in [-0.39, 0.29) is 5.82 Å². The molecule has 1 N–H and O–H groups in total. The lowest BCUT2D eigenvalue weighted by Crippen LogP contribution is -1.95. The van der Waals surface area contributed by atoms with Gasteiger partial charge >= 0.3 is 0 Å².